The lowest BCUT2D eigenvalue weighted by Crippen LogP contribution is -2.13. The van der Waals surface area contributed by atoms with Gasteiger partial charge >= 0.3 is 0 Å². The summed E-state index contributed by atoms with van der Waals surface area (Å²) in [5.41, 5.74) is 0.117. The normalized spacial score (nSPS) is 33.6. The van der Waals surface area contributed by atoms with E-state index in [2.05, 4.69) is 0 Å². The first-order valence-electron chi connectivity index (χ1n) is 5.79. The van der Waals surface area contributed by atoms with Crippen LogP contribution in [0.15, 0.2) is 18.2 Å². The predicted molar refractivity (Wildman–Crippen MR) is 55.6 cm³/mol. The molecule has 0 aliphatic heterocycles. The van der Waals surface area contributed by atoms with Gasteiger partial charge < -0.3 is 5.11 Å². The van der Waals surface area contributed by atoms with Gasteiger partial charge in [-0.25, -0.2) is 8.78 Å². The number of hydrogen-bond donors (Lipinski definition) is 1. The molecule has 2 fully saturated rings. The third-order valence-corrected chi connectivity index (χ3v) is 4.03. The standard InChI is InChI=1S/C13H14F2O/c14-11-3-1-2-10(12(11)15)13(16)9-5-7-4-8(7)6-9/h1-3,7-9,13,16H,4-6H2. The lowest BCUT2D eigenvalue weighted by molar-refractivity contribution is 0.0999. The maximum absolute atomic E-state index is 13.5. The van der Waals surface area contributed by atoms with Crippen LogP contribution in [0.1, 0.15) is 30.9 Å². The quantitative estimate of drug-likeness (QED) is 0.818. The summed E-state index contributed by atoms with van der Waals surface area (Å²) in [6.07, 6.45) is 2.34. The van der Waals surface area contributed by atoms with Crippen LogP contribution in [-0.2, 0) is 0 Å². The third-order valence-electron chi connectivity index (χ3n) is 4.03. The summed E-state index contributed by atoms with van der Waals surface area (Å²) in [4.78, 5) is 0. The third kappa shape index (κ3) is 1.54. The van der Waals surface area contributed by atoms with Crippen molar-refractivity contribution in [2.75, 3.05) is 0 Å². The highest BCUT2D eigenvalue weighted by molar-refractivity contribution is 5.22. The molecule has 0 amide bonds. The molecular formula is C13H14F2O. The van der Waals surface area contributed by atoms with E-state index in [1.807, 2.05) is 0 Å². The molecule has 0 saturated heterocycles. The number of aliphatic hydroxyl groups is 1. The maximum atomic E-state index is 13.5. The van der Waals surface area contributed by atoms with Gasteiger partial charge in [0.1, 0.15) is 0 Å². The summed E-state index contributed by atoms with van der Waals surface area (Å²) in [5, 5.41) is 10.1. The van der Waals surface area contributed by atoms with Gasteiger partial charge in [-0.3, -0.25) is 0 Å². The van der Waals surface area contributed by atoms with Gasteiger partial charge in [0, 0.05) is 5.56 Å². The Kier molecular flexibility index (Phi) is 2.25. The minimum absolute atomic E-state index is 0.111. The smallest absolute Gasteiger partial charge is 0.164 e. The second-order valence-electron chi connectivity index (χ2n) is 5.08. The van der Waals surface area contributed by atoms with E-state index < -0.39 is 17.7 Å². The number of rotatable bonds is 2. The molecule has 1 nitrogen and oxygen atoms in total. The van der Waals surface area contributed by atoms with Crippen molar-refractivity contribution in [1.29, 1.82) is 0 Å². The monoisotopic (exact) mass is 224 g/mol. The van der Waals surface area contributed by atoms with E-state index in [9.17, 15) is 13.9 Å². The van der Waals surface area contributed by atoms with E-state index >= 15 is 0 Å². The van der Waals surface area contributed by atoms with Gasteiger partial charge in [0.25, 0.3) is 0 Å². The molecule has 0 bridgehead atoms. The lowest BCUT2D eigenvalue weighted by Gasteiger charge is -2.20. The predicted octanol–water partition coefficient (Wildman–Crippen LogP) is 3.04. The van der Waals surface area contributed by atoms with Crippen LogP contribution in [0.2, 0.25) is 0 Å². The number of fused-ring (bicyclic) bond motifs is 1. The molecule has 0 heterocycles. The molecule has 3 unspecified atom stereocenters. The van der Waals surface area contributed by atoms with E-state index in [4.69, 9.17) is 0 Å². The van der Waals surface area contributed by atoms with Crippen LogP contribution in [0.3, 0.4) is 0 Å². The molecule has 0 spiro atoms. The fourth-order valence-electron chi connectivity index (χ4n) is 3.02. The molecule has 2 saturated carbocycles. The van der Waals surface area contributed by atoms with Gasteiger partial charge in [-0.05, 0) is 43.1 Å². The number of hydrogen-bond acceptors (Lipinski definition) is 1. The Balaban J connectivity index is 1.83. The Labute approximate surface area is 93.1 Å². The summed E-state index contributed by atoms with van der Waals surface area (Å²) >= 11 is 0. The van der Waals surface area contributed by atoms with E-state index in [0.717, 1.165) is 30.7 Å². The van der Waals surface area contributed by atoms with Gasteiger partial charge in [0.05, 0.1) is 6.10 Å². The molecular weight excluding hydrogens is 210 g/mol. The highest BCUT2D eigenvalue weighted by Gasteiger charge is 2.48. The average molecular weight is 224 g/mol. The van der Waals surface area contributed by atoms with Crippen LogP contribution in [0, 0.1) is 29.4 Å². The largest absolute Gasteiger partial charge is 0.388 e. The molecule has 3 heteroatoms. The number of halogens is 2. The summed E-state index contributed by atoms with van der Waals surface area (Å²) < 4.78 is 26.5. The first-order chi connectivity index (χ1) is 7.66. The van der Waals surface area contributed by atoms with Crippen molar-refractivity contribution >= 4 is 0 Å². The molecule has 1 aromatic carbocycles. The topological polar surface area (TPSA) is 20.2 Å². The van der Waals surface area contributed by atoms with Crippen molar-refractivity contribution < 1.29 is 13.9 Å². The average Bonchev–Trinajstić information content (AvgIpc) is 2.89. The molecule has 86 valence electrons. The first-order valence-corrected chi connectivity index (χ1v) is 5.79. The highest BCUT2D eigenvalue weighted by atomic mass is 19.2. The van der Waals surface area contributed by atoms with E-state index in [0.29, 0.717) is 0 Å². The SMILES string of the molecule is OC(c1cccc(F)c1F)C1CC2CC2C1. The molecule has 0 aromatic heterocycles. The van der Waals surface area contributed by atoms with Crippen LogP contribution in [0.4, 0.5) is 8.78 Å². The summed E-state index contributed by atoms with van der Waals surface area (Å²) in [6.45, 7) is 0. The lowest BCUT2D eigenvalue weighted by atomic mass is 9.91. The second-order valence-corrected chi connectivity index (χ2v) is 5.08. The Morgan fingerprint density at radius 1 is 1.12 bits per heavy atom. The van der Waals surface area contributed by atoms with Crippen molar-refractivity contribution in [2.24, 2.45) is 17.8 Å². The van der Waals surface area contributed by atoms with Gasteiger partial charge in [0.15, 0.2) is 11.6 Å². The highest BCUT2D eigenvalue weighted by Crippen LogP contribution is 2.57. The van der Waals surface area contributed by atoms with Crippen LogP contribution in [0.5, 0.6) is 0 Å². The molecule has 3 atom stereocenters. The van der Waals surface area contributed by atoms with E-state index in [-0.39, 0.29) is 11.5 Å². The summed E-state index contributed by atoms with van der Waals surface area (Å²) in [7, 11) is 0. The first kappa shape index (κ1) is 10.2. The van der Waals surface area contributed by atoms with Crippen molar-refractivity contribution in [3.8, 4) is 0 Å². The zero-order valence-electron chi connectivity index (χ0n) is 8.87. The Bertz CT molecular complexity index is 408. The molecule has 16 heavy (non-hydrogen) atoms. The minimum atomic E-state index is -0.893. The zero-order chi connectivity index (χ0) is 11.3. The Morgan fingerprint density at radius 3 is 2.50 bits per heavy atom. The molecule has 1 N–H and O–H groups in total. The number of benzene rings is 1. The summed E-state index contributed by atoms with van der Waals surface area (Å²) in [6, 6.07) is 4.01. The minimum Gasteiger partial charge on any atom is -0.388 e. The zero-order valence-corrected chi connectivity index (χ0v) is 8.87. The van der Waals surface area contributed by atoms with Gasteiger partial charge in [-0.1, -0.05) is 12.1 Å². The molecule has 2 aliphatic rings. The molecule has 3 rings (SSSR count). The number of aliphatic hydroxyl groups excluding tert-OH is 1. The van der Waals surface area contributed by atoms with Crippen molar-refractivity contribution in [3.05, 3.63) is 35.4 Å². The fraction of sp³-hybridized carbons (Fsp3) is 0.538. The Hall–Kier alpha value is -0.960. The van der Waals surface area contributed by atoms with Crippen LogP contribution in [0.25, 0.3) is 0 Å². The Morgan fingerprint density at radius 2 is 1.81 bits per heavy atom. The van der Waals surface area contributed by atoms with Crippen LogP contribution in [-0.4, -0.2) is 5.11 Å². The molecule has 0 radical (unpaired) electrons. The van der Waals surface area contributed by atoms with Crippen molar-refractivity contribution in [2.45, 2.75) is 25.4 Å². The van der Waals surface area contributed by atoms with E-state index in [1.54, 1.807) is 0 Å². The van der Waals surface area contributed by atoms with Gasteiger partial charge in [-0.15, -0.1) is 0 Å². The molecule has 1 aromatic rings. The maximum Gasteiger partial charge on any atom is 0.164 e. The fourth-order valence-corrected chi connectivity index (χ4v) is 3.02. The second kappa shape index (κ2) is 3.52. The van der Waals surface area contributed by atoms with Gasteiger partial charge in [-0.2, -0.15) is 0 Å². The summed E-state index contributed by atoms with van der Waals surface area (Å²) in [5.74, 6) is -0.192. The van der Waals surface area contributed by atoms with E-state index in [1.165, 1.54) is 18.6 Å². The van der Waals surface area contributed by atoms with Crippen LogP contribution >= 0.6 is 0 Å². The van der Waals surface area contributed by atoms with Crippen LogP contribution < -0.4 is 0 Å². The van der Waals surface area contributed by atoms with Gasteiger partial charge in [0.2, 0.25) is 0 Å². The van der Waals surface area contributed by atoms with Crippen molar-refractivity contribution in [3.63, 3.8) is 0 Å². The molecule has 2 aliphatic carbocycles. The van der Waals surface area contributed by atoms with Crippen molar-refractivity contribution in [1.82, 2.24) is 0 Å².